The van der Waals surface area contributed by atoms with Crippen molar-refractivity contribution in [3.8, 4) is 0 Å². The van der Waals surface area contributed by atoms with Gasteiger partial charge in [0.2, 0.25) is 6.35 Å². The molecule has 2 amide bonds. The van der Waals surface area contributed by atoms with E-state index < -0.39 is 12.4 Å². The predicted octanol–water partition coefficient (Wildman–Crippen LogP) is 2.08. The zero-order chi connectivity index (χ0) is 21.3. The molecule has 1 aliphatic rings. The monoisotopic (exact) mass is 412 g/mol. The second kappa shape index (κ2) is 8.27. The molecule has 3 heterocycles. The lowest BCUT2D eigenvalue weighted by molar-refractivity contribution is -0.114. The van der Waals surface area contributed by atoms with Gasteiger partial charge in [-0.2, -0.15) is 10.1 Å². The highest BCUT2D eigenvalue weighted by Crippen LogP contribution is 2.28. The van der Waals surface area contributed by atoms with E-state index in [9.17, 15) is 9.90 Å². The average molecular weight is 412 g/mol. The molecule has 1 N–H and O–H groups in total. The molecule has 3 aromatic rings. The summed E-state index contributed by atoms with van der Waals surface area (Å²) in [6, 6.07) is 9.23. The second-order valence-corrected chi connectivity index (χ2v) is 7.10. The van der Waals surface area contributed by atoms with Crippen LogP contribution in [0, 0.1) is 13.8 Å². The van der Waals surface area contributed by atoms with Crippen LogP contribution in [0.25, 0.3) is 0 Å². The van der Waals surface area contributed by atoms with Crippen LogP contribution in [-0.2, 0) is 17.8 Å². The first kappa shape index (κ1) is 20.1. The van der Waals surface area contributed by atoms with E-state index in [1.54, 1.807) is 22.1 Å². The summed E-state index contributed by atoms with van der Waals surface area (Å²) in [6.45, 7) is 4.54. The smallest absolute Gasteiger partial charge is 0.344 e. The second-order valence-electron chi connectivity index (χ2n) is 7.10. The van der Waals surface area contributed by atoms with Crippen LogP contribution in [0.5, 0.6) is 0 Å². The van der Waals surface area contributed by atoms with E-state index in [2.05, 4.69) is 10.3 Å². The Bertz CT molecular complexity index is 998. The van der Waals surface area contributed by atoms with Gasteiger partial charge in [0.05, 0.1) is 24.1 Å². The van der Waals surface area contributed by atoms with Gasteiger partial charge in [0.15, 0.2) is 0 Å². The quantitative estimate of drug-likeness (QED) is 0.634. The minimum atomic E-state index is -1.19. The van der Waals surface area contributed by atoms with Crippen molar-refractivity contribution in [3.05, 3.63) is 65.3 Å². The van der Waals surface area contributed by atoms with Crippen LogP contribution in [0.1, 0.15) is 22.6 Å². The van der Waals surface area contributed by atoms with Crippen molar-refractivity contribution in [2.75, 3.05) is 18.7 Å². The molecule has 1 aromatic carbocycles. The van der Waals surface area contributed by atoms with Crippen molar-refractivity contribution in [3.63, 3.8) is 0 Å². The molecule has 0 bridgehead atoms. The zero-order valence-corrected chi connectivity index (χ0v) is 17.1. The fourth-order valence-corrected chi connectivity index (χ4v) is 3.48. The van der Waals surface area contributed by atoms with Crippen LogP contribution in [0.4, 0.5) is 10.5 Å². The molecule has 10 nitrogen and oxygen atoms in total. The molecule has 1 aliphatic heterocycles. The Kier molecular flexibility index (Phi) is 5.53. The van der Waals surface area contributed by atoms with Crippen molar-refractivity contribution >= 4 is 11.7 Å². The van der Waals surface area contributed by atoms with Gasteiger partial charge in [-0.05, 0) is 19.4 Å². The molecule has 30 heavy (non-hydrogen) atoms. The van der Waals surface area contributed by atoms with Crippen LogP contribution in [0.15, 0.2) is 47.2 Å². The zero-order valence-electron chi connectivity index (χ0n) is 17.1. The predicted molar refractivity (Wildman–Crippen MR) is 107 cm³/mol. The summed E-state index contributed by atoms with van der Waals surface area (Å²) in [5.41, 5.74) is 3.17. The number of hydrogen-bond donors (Lipinski definition) is 1. The Balaban J connectivity index is 1.57. The Morgan fingerprint density at radius 1 is 1.20 bits per heavy atom. The third kappa shape index (κ3) is 3.67. The molecule has 1 saturated heterocycles. The average Bonchev–Trinajstić information content (AvgIpc) is 3.38. The number of hydrogen-bond acceptors (Lipinski definition) is 7. The minimum Gasteiger partial charge on any atom is -0.363 e. The van der Waals surface area contributed by atoms with Gasteiger partial charge in [0.25, 0.3) is 0 Å². The lowest BCUT2D eigenvalue weighted by Crippen LogP contribution is -2.43. The topological polar surface area (TPSA) is 100 Å². The molecule has 1 unspecified atom stereocenters. The van der Waals surface area contributed by atoms with Crippen LogP contribution in [0.2, 0.25) is 0 Å². The molecule has 0 aliphatic carbocycles. The van der Waals surface area contributed by atoms with Crippen molar-refractivity contribution in [2.45, 2.75) is 33.3 Å². The molecule has 4 rings (SSSR count). The Labute approximate surface area is 173 Å². The highest BCUT2D eigenvalue weighted by atomic mass is 16.5. The number of hydrazine groups is 1. The number of aliphatic hydroxyl groups is 1. The van der Waals surface area contributed by atoms with Gasteiger partial charge < -0.3 is 14.4 Å². The maximum atomic E-state index is 13.0. The number of rotatable bonds is 7. The fourth-order valence-electron chi connectivity index (χ4n) is 3.48. The first-order valence-corrected chi connectivity index (χ1v) is 9.52. The first-order chi connectivity index (χ1) is 14.5. The van der Waals surface area contributed by atoms with E-state index in [0.717, 1.165) is 22.6 Å². The summed E-state index contributed by atoms with van der Waals surface area (Å²) in [7, 11) is 1.50. The Morgan fingerprint density at radius 2 is 1.97 bits per heavy atom. The van der Waals surface area contributed by atoms with Crippen LogP contribution in [-0.4, -0.2) is 56.3 Å². The van der Waals surface area contributed by atoms with E-state index in [1.807, 2.05) is 44.2 Å². The van der Waals surface area contributed by atoms with Crippen molar-refractivity contribution in [1.82, 2.24) is 25.0 Å². The number of methoxy groups -OCH3 is 1. The number of anilines is 1. The van der Waals surface area contributed by atoms with Crippen molar-refractivity contribution in [1.29, 1.82) is 0 Å². The third-order valence-electron chi connectivity index (χ3n) is 5.07. The molecular weight excluding hydrogens is 388 g/mol. The highest BCUT2D eigenvalue weighted by Gasteiger charge is 2.44. The highest BCUT2D eigenvalue weighted by molar-refractivity contribution is 5.93. The molecule has 0 spiro atoms. The molecular formula is C20H24N6O4. The molecule has 0 radical (unpaired) electrons. The van der Waals surface area contributed by atoms with Crippen LogP contribution in [0.3, 0.4) is 0 Å². The third-order valence-corrected chi connectivity index (χ3v) is 5.07. The number of ether oxygens (including phenoxy) is 1. The molecule has 10 heteroatoms. The standard InChI is InChI=1S/C20H24N6O4/c1-14-18(15(2)30-22-14)12-23-11-17(9-21-23)26-19(27)24(25(13-29-3)20(26)28)10-16-7-5-4-6-8-16/h4-9,11,19,27H,10,12-13H2,1-3H3. The van der Waals surface area contributed by atoms with Crippen LogP contribution < -0.4 is 4.90 Å². The molecule has 2 aromatic heterocycles. The van der Waals surface area contributed by atoms with Crippen molar-refractivity contribution in [2.24, 2.45) is 0 Å². The molecule has 158 valence electrons. The number of benzene rings is 1. The van der Waals surface area contributed by atoms with Crippen LogP contribution >= 0.6 is 0 Å². The van der Waals surface area contributed by atoms with E-state index in [4.69, 9.17) is 9.26 Å². The van der Waals surface area contributed by atoms with Gasteiger partial charge in [-0.3, -0.25) is 4.68 Å². The number of carbonyl (C=O) groups is 1. The number of aromatic nitrogens is 3. The van der Waals surface area contributed by atoms with Gasteiger partial charge in [0, 0.05) is 25.4 Å². The number of aryl methyl sites for hydroxylation is 2. The van der Waals surface area contributed by atoms with Gasteiger partial charge in [-0.25, -0.2) is 14.7 Å². The van der Waals surface area contributed by atoms with Gasteiger partial charge in [0.1, 0.15) is 12.5 Å². The largest absolute Gasteiger partial charge is 0.363 e. The number of urea groups is 1. The van der Waals surface area contributed by atoms with E-state index in [0.29, 0.717) is 18.8 Å². The Morgan fingerprint density at radius 3 is 2.63 bits per heavy atom. The summed E-state index contributed by atoms with van der Waals surface area (Å²) in [6.07, 6.45) is 2.07. The number of amides is 2. The van der Waals surface area contributed by atoms with Crippen molar-refractivity contribution < 1.29 is 19.2 Å². The maximum Gasteiger partial charge on any atom is 0.344 e. The number of carbonyl (C=O) groups excluding carboxylic acids is 1. The lowest BCUT2D eigenvalue weighted by atomic mass is 10.2. The van der Waals surface area contributed by atoms with Gasteiger partial charge in [-0.1, -0.05) is 35.5 Å². The fraction of sp³-hybridized carbons (Fsp3) is 0.350. The number of nitrogens with zero attached hydrogens (tertiary/aromatic N) is 6. The molecule has 0 saturated carbocycles. The Hall–Kier alpha value is -3.21. The summed E-state index contributed by atoms with van der Waals surface area (Å²) in [5, 5.41) is 22.2. The first-order valence-electron chi connectivity index (χ1n) is 9.52. The number of aliphatic hydroxyl groups excluding tert-OH is 1. The van der Waals surface area contributed by atoms with Gasteiger partial charge >= 0.3 is 6.03 Å². The molecule has 1 fully saturated rings. The lowest BCUT2D eigenvalue weighted by Gasteiger charge is -2.27. The summed E-state index contributed by atoms with van der Waals surface area (Å²) in [5.74, 6) is 0.724. The van der Waals surface area contributed by atoms with E-state index in [1.165, 1.54) is 17.0 Å². The normalized spacial score (nSPS) is 17.3. The molecule has 1 atom stereocenters. The van der Waals surface area contributed by atoms with E-state index in [-0.39, 0.29) is 6.73 Å². The summed E-state index contributed by atoms with van der Waals surface area (Å²) in [4.78, 5) is 14.3. The van der Waals surface area contributed by atoms with E-state index >= 15 is 0 Å². The summed E-state index contributed by atoms with van der Waals surface area (Å²) < 4.78 is 12.1. The SMILES string of the molecule is COCN1C(=O)N(c2cnn(Cc3c(C)noc3C)c2)C(O)N1Cc1ccccc1. The van der Waals surface area contributed by atoms with Gasteiger partial charge in [-0.15, -0.1) is 0 Å². The summed E-state index contributed by atoms with van der Waals surface area (Å²) >= 11 is 0. The maximum absolute atomic E-state index is 13.0. The minimum absolute atomic E-state index is 0.0203.